The summed E-state index contributed by atoms with van der Waals surface area (Å²) in [5.41, 5.74) is 11.1. The molecule has 0 unspecified atom stereocenters. The number of nitrogens with zero attached hydrogens (tertiary/aromatic N) is 2. The zero-order valence-electron chi connectivity index (χ0n) is 15.6. The van der Waals surface area contributed by atoms with Crippen molar-refractivity contribution in [2.75, 3.05) is 11.1 Å². The lowest BCUT2D eigenvalue weighted by atomic mass is 10.0. The maximum Gasteiger partial charge on any atom is 0.248 e. The quantitative estimate of drug-likeness (QED) is 0.651. The number of nitrogens with one attached hydrogen (secondary N) is 1. The van der Waals surface area contributed by atoms with E-state index in [-0.39, 0.29) is 0 Å². The smallest absolute Gasteiger partial charge is 0.248 e. The van der Waals surface area contributed by atoms with Gasteiger partial charge in [-0.1, -0.05) is 38.1 Å². The fourth-order valence-electron chi connectivity index (χ4n) is 2.59. The maximum atomic E-state index is 6.23. The van der Waals surface area contributed by atoms with Crippen LogP contribution in [-0.2, 0) is 0 Å². The molecular weight excluding hydrogens is 324 g/mol. The van der Waals surface area contributed by atoms with Crippen molar-refractivity contribution < 1.29 is 4.74 Å². The molecule has 0 aliphatic rings. The highest BCUT2D eigenvalue weighted by molar-refractivity contribution is 5.73. The van der Waals surface area contributed by atoms with Gasteiger partial charge in [-0.05, 0) is 54.7 Å². The summed E-state index contributed by atoms with van der Waals surface area (Å²) >= 11 is 0. The van der Waals surface area contributed by atoms with E-state index in [9.17, 15) is 0 Å². The van der Waals surface area contributed by atoms with Crippen molar-refractivity contribution in [3.05, 3.63) is 65.5 Å². The van der Waals surface area contributed by atoms with E-state index in [1.54, 1.807) is 0 Å². The highest BCUT2D eigenvalue weighted by atomic mass is 16.5. The Hall–Kier alpha value is -3.08. The van der Waals surface area contributed by atoms with E-state index in [1.807, 2.05) is 38.1 Å². The third-order valence-corrected chi connectivity index (χ3v) is 4.25. The second-order valence-corrected chi connectivity index (χ2v) is 6.71. The van der Waals surface area contributed by atoms with Gasteiger partial charge in [-0.25, -0.2) is 4.98 Å². The molecule has 0 amide bonds. The van der Waals surface area contributed by atoms with Gasteiger partial charge in [0.1, 0.15) is 17.8 Å². The Bertz CT molecular complexity index is 904. The van der Waals surface area contributed by atoms with Gasteiger partial charge in [0.25, 0.3) is 0 Å². The first-order chi connectivity index (χ1) is 12.4. The van der Waals surface area contributed by atoms with Crippen LogP contribution in [0.1, 0.15) is 36.5 Å². The van der Waals surface area contributed by atoms with Gasteiger partial charge in [0.15, 0.2) is 5.82 Å². The summed E-state index contributed by atoms with van der Waals surface area (Å²) in [6, 6.07) is 14.1. The Morgan fingerprint density at radius 1 is 1.00 bits per heavy atom. The highest BCUT2D eigenvalue weighted by Crippen LogP contribution is 2.32. The van der Waals surface area contributed by atoms with Gasteiger partial charge in [-0.15, -0.1) is 0 Å². The van der Waals surface area contributed by atoms with Crippen LogP contribution in [0.15, 0.2) is 48.8 Å². The van der Waals surface area contributed by atoms with Crippen molar-refractivity contribution >= 4 is 17.2 Å². The summed E-state index contributed by atoms with van der Waals surface area (Å²) in [7, 11) is 0. The van der Waals surface area contributed by atoms with Crippen LogP contribution in [-0.4, -0.2) is 9.97 Å². The first kappa shape index (κ1) is 17.7. The van der Waals surface area contributed by atoms with E-state index >= 15 is 0 Å². The molecule has 1 aromatic heterocycles. The minimum atomic E-state index is 0.338. The van der Waals surface area contributed by atoms with E-state index in [4.69, 9.17) is 10.5 Å². The van der Waals surface area contributed by atoms with Crippen molar-refractivity contribution in [2.24, 2.45) is 0 Å². The number of aryl methyl sites for hydroxylation is 2. The number of hydrogen-bond donors (Lipinski definition) is 2. The lowest BCUT2D eigenvalue weighted by Gasteiger charge is -2.14. The van der Waals surface area contributed by atoms with E-state index in [2.05, 4.69) is 47.3 Å². The van der Waals surface area contributed by atoms with Crippen LogP contribution >= 0.6 is 0 Å². The molecule has 0 bridgehead atoms. The largest absolute Gasteiger partial charge is 0.437 e. The molecule has 0 radical (unpaired) electrons. The minimum Gasteiger partial charge on any atom is -0.437 e. The molecule has 0 atom stereocenters. The van der Waals surface area contributed by atoms with Crippen molar-refractivity contribution in [1.29, 1.82) is 0 Å². The Morgan fingerprint density at radius 3 is 2.42 bits per heavy atom. The normalized spacial score (nSPS) is 10.8. The van der Waals surface area contributed by atoms with Gasteiger partial charge >= 0.3 is 0 Å². The van der Waals surface area contributed by atoms with Crippen molar-refractivity contribution in [3.63, 3.8) is 0 Å². The predicted octanol–water partition coefficient (Wildman–Crippen LogP) is 5.33. The molecule has 134 valence electrons. The fraction of sp³-hybridized carbons (Fsp3) is 0.238. The molecule has 2 aromatic carbocycles. The average Bonchev–Trinajstić information content (AvgIpc) is 2.62. The molecule has 3 aromatic rings. The van der Waals surface area contributed by atoms with Crippen LogP contribution < -0.4 is 15.8 Å². The Kier molecular flexibility index (Phi) is 5.07. The van der Waals surface area contributed by atoms with E-state index in [1.165, 1.54) is 11.9 Å². The molecule has 5 heteroatoms. The topological polar surface area (TPSA) is 73.1 Å². The lowest BCUT2D eigenvalue weighted by Crippen LogP contribution is -2.04. The second-order valence-electron chi connectivity index (χ2n) is 6.71. The van der Waals surface area contributed by atoms with Gasteiger partial charge in [-0.3, -0.25) is 0 Å². The van der Waals surface area contributed by atoms with Crippen LogP contribution in [0.3, 0.4) is 0 Å². The van der Waals surface area contributed by atoms with Gasteiger partial charge in [0, 0.05) is 5.69 Å². The minimum absolute atomic E-state index is 0.338. The number of anilines is 3. The van der Waals surface area contributed by atoms with E-state index in [0.717, 1.165) is 16.8 Å². The number of aromatic nitrogens is 2. The molecule has 0 fully saturated rings. The molecule has 0 aliphatic heterocycles. The summed E-state index contributed by atoms with van der Waals surface area (Å²) in [4.78, 5) is 8.43. The summed E-state index contributed by atoms with van der Waals surface area (Å²) in [6.45, 7) is 8.39. The molecular formula is C21H24N4O. The SMILES string of the molecule is Cc1ccc(C)c(Nc2ncnc(Oc3ccc(C(C)C)cc3)c2N)c1. The zero-order chi connectivity index (χ0) is 18.7. The second kappa shape index (κ2) is 7.44. The van der Waals surface area contributed by atoms with Gasteiger partial charge in [0.05, 0.1) is 0 Å². The number of hydrogen-bond acceptors (Lipinski definition) is 5. The number of nitrogen functional groups attached to an aromatic ring is 1. The lowest BCUT2D eigenvalue weighted by molar-refractivity contribution is 0.464. The summed E-state index contributed by atoms with van der Waals surface area (Å²) in [5.74, 6) is 2.03. The molecule has 0 saturated carbocycles. The van der Waals surface area contributed by atoms with Gasteiger partial charge in [0.2, 0.25) is 5.88 Å². The molecule has 0 saturated heterocycles. The number of ether oxygens (including phenoxy) is 1. The van der Waals surface area contributed by atoms with Gasteiger partial charge < -0.3 is 15.8 Å². The zero-order valence-corrected chi connectivity index (χ0v) is 15.6. The summed E-state index contributed by atoms with van der Waals surface area (Å²) < 4.78 is 5.86. The number of rotatable bonds is 5. The Labute approximate surface area is 154 Å². The summed E-state index contributed by atoms with van der Waals surface area (Å²) in [6.07, 6.45) is 1.45. The maximum absolute atomic E-state index is 6.23. The molecule has 3 rings (SSSR count). The Morgan fingerprint density at radius 2 is 1.73 bits per heavy atom. The number of nitrogens with two attached hydrogens (primary N) is 1. The third kappa shape index (κ3) is 3.94. The fourth-order valence-corrected chi connectivity index (χ4v) is 2.59. The van der Waals surface area contributed by atoms with Crippen LogP contribution in [0.2, 0.25) is 0 Å². The molecule has 26 heavy (non-hydrogen) atoms. The van der Waals surface area contributed by atoms with Crippen LogP contribution in [0.4, 0.5) is 17.2 Å². The molecule has 0 spiro atoms. The first-order valence-corrected chi connectivity index (χ1v) is 8.66. The van der Waals surface area contributed by atoms with E-state index in [0.29, 0.717) is 29.1 Å². The van der Waals surface area contributed by atoms with E-state index < -0.39 is 0 Å². The molecule has 3 N–H and O–H groups in total. The van der Waals surface area contributed by atoms with Crippen molar-refractivity contribution in [1.82, 2.24) is 9.97 Å². The van der Waals surface area contributed by atoms with Crippen molar-refractivity contribution in [2.45, 2.75) is 33.6 Å². The summed E-state index contributed by atoms with van der Waals surface area (Å²) in [5, 5.41) is 3.28. The van der Waals surface area contributed by atoms with Crippen LogP contribution in [0.25, 0.3) is 0 Å². The molecule has 5 nitrogen and oxygen atoms in total. The third-order valence-electron chi connectivity index (χ3n) is 4.25. The van der Waals surface area contributed by atoms with Crippen LogP contribution in [0.5, 0.6) is 11.6 Å². The Balaban J connectivity index is 1.84. The standard InChI is InChI=1S/C21H24N4O/c1-13(2)16-7-9-17(10-8-16)26-21-19(22)20(23-12-24-21)25-18-11-14(3)5-6-15(18)4/h5-13H,22H2,1-4H3,(H,23,24,25). The molecule has 0 aliphatic carbocycles. The first-order valence-electron chi connectivity index (χ1n) is 8.66. The van der Waals surface area contributed by atoms with Crippen molar-refractivity contribution in [3.8, 4) is 11.6 Å². The van der Waals surface area contributed by atoms with Gasteiger partial charge in [-0.2, -0.15) is 4.98 Å². The monoisotopic (exact) mass is 348 g/mol. The predicted molar refractivity (Wildman–Crippen MR) is 106 cm³/mol. The number of benzene rings is 2. The highest BCUT2D eigenvalue weighted by Gasteiger charge is 2.12. The molecule has 1 heterocycles. The average molecular weight is 348 g/mol. The van der Waals surface area contributed by atoms with Crippen LogP contribution in [0, 0.1) is 13.8 Å².